The molecule has 0 saturated carbocycles. The van der Waals surface area contributed by atoms with E-state index in [-0.39, 0.29) is 12.2 Å². The van der Waals surface area contributed by atoms with Gasteiger partial charge in [-0.25, -0.2) is 8.42 Å². The molecule has 1 N–H and O–H groups in total. The third-order valence-electron chi connectivity index (χ3n) is 2.97. The van der Waals surface area contributed by atoms with Gasteiger partial charge in [0.2, 0.25) is 0 Å². The molecule has 0 heterocycles. The zero-order valence-corrected chi connectivity index (χ0v) is 13.4. The summed E-state index contributed by atoms with van der Waals surface area (Å²) < 4.78 is 23.2. The Kier molecular flexibility index (Phi) is 5.23. The van der Waals surface area contributed by atoms with Crippen molar-refractivity contribution in [2.24, 2.45) is 0 Å². The van der Waals surface area contributed by atoms with E-state index >= 15 is 0 Å². The molecule has 0 spiro atoms. The summed E-state index contributed by atoms with van der Waals surface area (Å²) in [5, 5.41) is 10.3. The van der Waals surface area contributed by atoms with E-state index in [0.717, 1.165) is 4.47 Å². The molecule has 102 valence electrons. The molecule has 1 aromatic carbocycles. The van der Waals surface area contributed by atoms with Gasteiger partial charge in [-0.2, -0.15) is 0 Å². The standard InChI is InChI=1S/C12H16BrClO3S/c1-3-12(14,18(16,17)4-2)11(15)9-5-7-10(13)8-6-9/h5-8,11,15H,3-4H2,1-2H3. The topological polar surface area (TPSA) is 54.4 Å². The van der Waals surface area contributed by atoms with Crippen LogP contribution in [-0.2, 0) is 9.84 Å². The van der Waals surface area contributed by atoms with Gasteiger partial charge in [0.25, 0.3) is 0 Å². The first-order valence-electron chi connectivity index (χ1n) is 5.63. The van der Waals surface area contributed by atoms with Crippen LogP contribution in [0.2, 0.25) is 0 Å². The minimum Gasteiger partial charge on any atom is -0.385 e. The Morgan fingerprint density at radius 1 is 1.33 bits per heavy atom. The molecular formula is C12H16BrClO3S. The van der Waals surface area contributed by atoms with Gasteiger partial charge in [0.05, 0.1) is 0 Å². The van der Waals surface area contributed by atoms with Crippen molar-refractivity contribution in [3.8, 4) is 0 Å². The fraction of sp³-hybridized carbons (Fsp3) is 0.500. The number of benzene rings is 1. The fourth-order valence-electron chi connectivity index (χ4n) is 1.72. The first-order valence-corrected chi connectivity index (χ1v) is 8.45. The monoisotopic (exact) mass is 354 g/mol. The lowest BCUT2D eigenvalue weighted by Gasteiger charge is -2.30. The van der Waals surface area contributed by atoms with Crippen molar-refractivity contribution in [3.63, 3.8) is 0 Å². The highest BCUT2D eigenvalue weighted by Gasteiger charge is 2.46. The van der Waals surface area contributed by atoms with Gasteiger partial charge in [-0.15, -0.1) is 0 Å². The first-order chi connectivity index (χ1) is 8.28. The molecule has 0 amide bonds. The fourth-order valence-corrected chi connectivity index (χ4v) is 3.83. The van der Waals surface area contributed by atoms with E-state index in [1.54, 1.807) is 31.2 Å². The molecule has 6 heteroatoms. The summed E-state index contributed by atoms with van der Waals surface area (Å²) in [6.07, 6.45) is -1.11. The average molecular weight is 356 g/mol. The highest BCUT2D eigenvalue weighted by atomic mass is 79.9. The van der Waals surface area contributed by atoms with E-state index in [1.807, 2.05) is 0 Å². The van der Waals surface area contributed by atoms with Crippen molar-refractivity contribution < 1.29 is 13.5 Å². The summed E-state index contributed by atoms with van der Waals surface area (Å²) in [7, 11) is -3.56. The molecule has 2 unspecified atom stereocenters. The van der Waals surface area contributed by atoms with Crippen molar-refractivity contribution in [1.82, 2.24) is 0 Å². The van der Waals surface area contributed by atoms with Crippen LogP contribution in [0.5, 0.6) is 0 Å². The lowest BCUT2D eigenvalue weighted by atomic mass is 10.0. The van der Waals surface area contributed by atoms with Crippen LogP contribution < -0.4 is 0 Å². The van der Waals surface area contributed by atoms with E-state index < -0.39 is 20.1 Å². The second kappa shape index (κ2) is 5.90. The molecule has 2 atom stereocenters. The van der Waals surface area contributed by atoms with E-state index in [1.165, 1.54) is 6.92 Å². The minimum absolute atomic E-state index is 0.0993. The van der Waals surface area contributed by atoms with Crippen molar-refractivity contribution in [2.45, 2.75) is 30.6 Å². The zero-order valence-electron chi connectivity index (χ0n) is 10.2. The molecular weight excluding hydrogens is 340 g/mol. The largest absolute Gasteiger partial charge is 0.385 e. The maximum Gasteiger partial charge on any atom is 0.175 e. The SMILES string of the molecule is CCC(Cl)(C(O)c1ccc(Br)cc1)S(=O)(=O)CC. The Morgan fingerprint density at radius 3 is 2.22 bits per heavy atom. The van der Waals surface area contributed by atoms with Gasteiger partial charge in [0.1, 0.15) is 6.10 Å². The highest BCUT2D eigenvalue weighted by molar-refractivity contribution is 9.10. The van der Waals surface area contributed by atoms with Crippen molar-refractivity contribution in [2.75, 3.05) is 5.75 Å². The average Bonchev–Trinajstić information content (AvgIpc) is 2.37. The van der Waals surface area contributed by atoms with Gasteiger partial charge >= 0.3 is 0 Å². The van der Waals surface area contributed by atoms with Crippen LogP contribution in [0.4, 0.5) is 0 Å². The molecule has 1 rings (SSSR count). The van der Waals surface area contributed by atoms with Crippen LogP contribution in [0.25, 0.3) is 0 Å². The number of hydrogen-bond acceptors (Lipinski definition) is 3. The molecule has 0 fully saturated rings. The molecule has 0 aliphatic carbocycles. The smallest absolute Gasteiger partial charge is 0.175 e. The summed E-state index contributed by atoms with van der Waals surface area (Å²) >= 11 is 9.47. The number of aliphatic hydroxyl groups is 1. The van der Waals surface area contributed by atoms with Crippen molar-refractivity contribution in [1.29, 1.82) is 0 Å². The van der Waals surface area contributed by atoms with Gasteiger partial charge in [-0.3, -0.25) is 0 Å². The van der Waals surface area contributed by atoms with Crippen LogP contribution in [0.3, 0.4) is 0 Å². The predicted molar refractivity (Wildman–Crippen MR) is 77.4 cm³/mol. The quantitative estimate of drug-likeness (QED) is 0.825. The third-order valence-corrected chi connectivity index (χ3v) is 6.99. The lowest BCUT2D eigenvalue weighted by molar-refractivity contribution is 0.154. The van der Waals surface area contributed by atoms with Gasteiger partial charge in [-0.1, -0.05) is 53.5 Å². The number of aliphatic hydroxyl groups excluding tert-OH is 1. The molecule has 0 radical (unpaired) electrons. The van der Waals surface area contributed by atoms with Gasteiger partial charge in [-0.05, 0) is 24.1 Å². The Labute approximate surface area is 121 Å². The van der Waals surface area contributed by atoms with Crippen molar-refractivity contribution >= 4 is 37.4 Å². The predicted octanol–water partition coefficient (Wildman–Crippen LogP) is 3.26. The number of halogens is 2. The number of sulfone groups is 1. The molecule has 0 bridgehead atoms. The van der Waals surface area contributed by atoms with Crippen LogP contribution in [0.15, 0.2) is 28.7 Å². The molecule has 18 heavy (non-hydrogen) atoms. The molecule has 0 aromatic heterocycles. The summed E-state index contributed by atoms with van der Waals surface area (Å²) in [5.74, 6) is -0.0993. The Hall–Kier alpha value is -0.100. The summed E-state index contributed by atoms with van der Waals surface area (Å²) in [6, 6.07) is 6.80. The highest BCUT2D eigenvalue weighted by Crippen LogP contribution is 2.40. The molecule has 0 aliphatic heterocycles. The van der Waals surface area contributed by atoms with Crippen LogP contribution in [-0.4, -0.2) is 23.5 Å². The zero-order chi connectivity index (χ0) is 14.0. The van der Waals surface area contributed by atoms with E-state index in [0.29, 0.717) is 5.56 Å². The lowest BCUT2D eigenvalue weighted by Crippen LogP contribution is -2.39. The number of hydrogen-bond donors (Lipinski definition) is 1. The maximum absolute atomic E-state index is 12.0. The summed E-state index contributed by atoms with van der Waals surface area (Å²) in [5.41, 5.74) is 0.493. The molecule has 0 saturated heterocycles. The van der Waals surface area contributed by atoms with Crippen LogP contribution >= 0.6 is 27.5 Å². The van der Waals surface area contributed by atoms with Gasteiger partial charge in [0, 0.05) is 10.2 Å². The van der Waals surface area contributed by atoms with Crippen LogP contribution in [0, 0.1) is 0 Å². The summed E-state index contributed by atoms with van der Waals surface area (Å²) in [6.45, 7) is 3.18. The van der Waals surface area contributed by atoms with Crippen molar-refractivity contribution in [3.05, 3.63) is 34.3 Å². The normalized spacial score (nSPS) is 17.2. The number of alkyl halides is 1. The second-order valence-corrected chi connectivity index (χ2v) is 8.35. The van der Waals surface area contributed by atoms with Gasteiger partial charge in [0.15, 0.2) is 14.0 Å². The third kappa shape index (κ3) is 2.90. The molecule has 0 aliphatic rings. The minimum atomic E-state index is -3.56. The van der Waals surface area contributed by atoms with E-state index in [4.69, 9.17) is 11.6 Å². The molecule has 3 nitrogen and oxygen atoms in total. The van der Waals surface area contributed by atoms with Gasteiger partial charge < -0.3 is 5.11 Å². The number of rotatable bonds is 5. The Morgan fingerprint density at radius 2 is 1.83 bits per heavy atom. The second-order valence-electron chi connectivity index (χ2n) is 4.00. The van der Waals surface area contributed by atoms with Crippen LogP contribution in [0.1, 0.15) is 31.9 Å². The Bertz CT molecular complexity index is 501. The Balaban J connectivity index is 3.21. The summed E-state index contributed by atoms with van der Waals surface area (Å²) in [4.78, 5) is 0. The maximum atomic E-state index is 12.0. The first kappa shape index (κ1) is 16.0. The molecule has 1 aromatic rings. The van der Waals surface area contributed by atoms with E-state index in [9.17, 15) is 13.5 Å². The van der Waals surface area contributed by atoms with E-state index in [2.05, 4.69) is 15.9 Å².